The number of hydrazone groups is 1. The number of nitrogens with one attached hydrogen (secondary N) is 2. The summed E-state index contributed by atoms with van der Waals surface area (Å²) in [4.78, 5) is 23.9. The molecule has 0 heterocycles. The van der Waals surface area contributed by atoms with Crippen molar-refractivity contribution >= 4 is 46.1 Å². The molecule has 0 unspecified atom stereocenters. The molecule has 0 bridgehead atoms. The maximum absolute atomic E-state index is 12.0. The zero-order valence-electron chi connectivity index (χ0n) is 15.8. The Morgan fingerprint density at radius 2 is 1.83 bits per heavy atom. The minimum absolute atomic E-state index is 0.00632. The molecule has 29 heavy (non-hydrogen) atoms. The molecule has 0 aliphatic heterocycles. The number of benzene rings is 3. The van der Waals surface area contributed by atoms with Gasteiger partial charge in [-0.05, 0) is 41.5 Å². The van der Waals surface area contributed by atoms with Gasteiger partial charge in [0, 0.05) is 29.1 Å². The second kappa shape index (κ2) is 9.21. The fraction of sp³-hybridized carbons (Fsp3) is 0.136. The molecule has 6 nitrogen and oxygen atoms in total. The summed E-state index contributed by atoms with van der Waals surface area (Å²) in [7, 11) is 0. The van der Waals surface area contributed by atoms with E-state index in [2.05, 4.69) is 15.8 Å². The number of aromatic hydroxyl groups is 1. The lowest BCUT2D eigenvalue weighted by atomic mass is 10.0. The van der Waals surface area contributed by atoms with E-state index in [-0.39, 0.29) is 24.5 Å². The zero-order chi connectivity index (χ0) is 20.8. The summed E-state index contributed by atoms with van der Waals surface area (Å²) < 4.78 is 0. The molecule has 148 valence electrons. The second-order valence-electron chi connectivity index (χ2n) is 6.52. The van der Waals surface area contributed by atoms with Crippen LogP contribution in [-0.2, 0) is 9.59 Å². The van der Waals surface area contributed by atoms with Crippen LogP contribution >= 0.6 is 11.6 Å². The number of hydrogen-bond donors (Lipinski definition) is 3. The summed E-state index contributed by atoms with van der Waals surface area (Å²) in [5, 5.41) is 19.0. The van der Waals surface area contributed by atoms with Crippen LogP contribution in [0.2, 0.25) is 5.02 Å². The number of hydrogen-bond acceptors (Lipinski definition) is 4. The van der Waals surface area contributed by atoms with Crippen LogP contribution in [0.15, 0.2) is 59.7 Å². The zero-order valence-corrected chi connectivity index (χ0v) is 16.5. The number of halogens is 1. The van der Waals surface area contributed by atoms with Crippen molar-refractivity contribution in [2.24, 2.45) is 5.10 Å². The van der Waals surface area contributed by atoms with Crippen LogP contribution in [-0.4, -0.2) is 23.1 Å². The third kappa shape index (κ3) is 5.33. The van der Waals surface area contributed by atoms with Gasteiger partial charge in [0.25, 0.3) is 0 Å². The fourth-order valence-corrected chi connectivity index (χ4v) is 2.95. The van der Waals surface area contributed by atoms with Gasteiger partial charge in [0.05, 0.1) is 6.21 Å². The summed E-state index contributed by atoms with van der Waals surface area (Å²) in [6, 6.07) is 16.1. The molecule has 0 aliphatic rings. The lowest BCUT2D eigenvalue weighted by Gasteiger charge is -2.07. The van der Waals surface area contributed by atoms with E-state index >= 15 is 0 Å². The molecular weight excluding hydrogens is 390 g/mol. The average molecular weight is 410 g/mol. The fourth-order valence-electron chi connectivity index (χ4n) is 2.77. The van der Waals surface area contributed by atoms with Crippen LogP contribution < -0.4 is 10.7 Å². The molecule has 0 saturated heterocycles. The number of carbonyl (C=O) groups is 2. The van der Waals surface area contributed by atoms with Crippen LogP contribution in [0.3, 0.4) is 0 Å². The molecule has 3 aromatic rings. The molecule has 7 heteroatoms. The Kier molecular flexibility index (Phi) is 6.46. The van der Waals surface area contributed by atoms with Crippen LogP contribution in [0.5, 0.6) is 5.75 Å². The Bertz CT molecular complexity index is 1100. The van der Waals surface area contributed by atoms with E-state index in [9.17, 15) is 14.7 Å². The maximum atomic E-state index is 12.0. The number of phenols is 1. The second-order valence-corrected chi connectivity index (χ2v) is 6.93. The first-order valence-electron chi connectivity index (χ1n) is 9.02. The molecule has 0 aliphatic carbocycles. The number of rotatable bonds is 6. The molecule has 0 atom stereocenters. The van der Waals surface area contributed by atoms with E-state index in [0.29, 0.717) is 16.3 Å². The van der Waals surface area contributed by atoms with Gasteiger partial charge in [-0.3, -0.25) is 9.59 Å². The Morgan fingerprint density at radius 1 is 1.07 bits per heavy atom. The third-order valence-electron chi connectivity index (χ3n) is 4.37. The standard InChI is InChI=1S/C22H20ClN3O3/c1-14-6-8-16(12-19(14)23)25-21(28)10-11-22(29)26-24-13-18-17-5-3-2-4-15(17)7-9-20(18)27/h2-9,12-13,27H,10-11H2,1H3,(H,25,28)(H,26,29)/b24-13+. The molecule has 3 rings (SSSR count). The molecular formula is C22H20ClN3O3. The van der Waals surface area contributed by atoms with Gasteiger partial charge in [0.15, 0.2) is 0 Å². The first kappa shape index (κ1) is 20.4. The van der Waals surface area contributed by atoms with Gasteiger partial charge in [0.2, 0.25) is 11.8 Å². The SMILES string of the molecule is Cc1ccc(NC(=O)CCC(=O)N/N=C/c2c(O)ccc3ccccc23)cc1Cl. The lowest BCUT2D eigenvalue weighted by Crippen LogP contribution is -2.20. The van der Waals surface area contributed by atoms with E-state index < -0.39 is 5.91 Å². The van der Waals surface area contributed by atoms with Gasteiger partial charge in [0.1, 0.15) is 5.75 Å². The number of fused-ring (bicyclic) bond motifs is 1. The van der Waals surface area contributed by atoms with Crippen molar-refractivity contribution in [3.8, 4) is 5.75 Å². The van der Waals surface area contributed by atoms with Crippen LogP contribution in [0.25, 0.3) is 10.8 Å². The molecule has 3 N–H and O–H groups in total. The molecule has 0 saturated carbocycles. The van der Waals surface area contributed by atoms with Crippen molar-refractivity contribution < 1.29 is 14.7 Å². The van der Waals surface area contributed by atoms with Crippen molar-refractivity contribution in [2.75, 3.05) is 5.32 Å². The van der Waals surface area contributed by atoms with Crippen LogP contribution in [0.1, 0.15) is 24.0 Å². The van der Waals surface area contributed by atoms with E-state index in [1.807, 2.05) is 37.3 Å². The predicted octanol–water partition coefficient (Wildman–Crippen LogP) is 4.38. The molecule has 3 aromatic carbocycles. The highest BCUT2D eigenvalue weighted by atomic mass is 35.5. The van der Waals surface area contributed by atoms with Gasteiger partial charge in [-0.2, -0.15) is 5.10 Å². The predicted molar refractivity (Wildman–Crippen MR) is 115 cm³/mol. The molecule has 0 aromatic heterocycles. The average Bonchev–Trinajstić information content (AvgIpc) is 2.71. The summed E-state index contributed by atoms with van der Waals surface area (Å²) >= 11 is 6.03. The highest BCUT2D eigenvalue weighted by Gasteiger charge is 2.08. The van der Waals surface area contributed by atoms with Crippen molar-refractivity contribution in [3.63, 3.8) is 0 Å². The molecule has 0 fully saturated rings. The third-order valence-corrected chi connectivity index (χ3v) is 4.77. The van der Waals surface area contributed by atoms with Gasteiger partial charge < -0.3 is 10.4 Å². The summed E-state index contributed by atoms with van der Waals surface area (Å²) in [6.45, 7) is 1.87. The van der Waals surface area contributed by atoms with Gasteiger partial charge in [-0.15, -0.1) is 0 Å². The Labute approximate surface area is 173 Å². The smallest absolute Gasteiger partial charge is 0.240 e. The minimum Gasteiger partial charge on any atom is -0.507 e. The topological polar surface area (TPSA) is 90.8 Å². The first-order chi connectivity index (χ1) is 13.9. The maximum Gasteiger partial charge on any atom is 0.240 e. The highest BCUT2D eigenvalue weighted by molar-refractivity contribution is 6.31. The largest absolute Gasteiger partial charge is 0.507 e. The van der Waals surface area contributed by atoms with E-state index in [1.165, 1.54) is 6.21 Å². The molecule has 2 amide bonds. The number of anilines is 1. The number of aryl methyl sites for hydroxylation is 1. The Hall–Kier alpha value is -3.38. The Morgan fingerprint density at radius 3 is 2.62 bits per heavy atom. The number of nitrogens with zero attached hydrogens (tertiary/aromatic N) is 1. The molecule has 0 radical (unpaired) electrons. The highest BCUT2D eigenvalue weighted by Crippen LogP contribution is 2.25. The van der Waals surface area contributed by atoms with Crippen molar-refractivity contribution in [3.05, 3.63) is 70.7 Å². The lowest BCUT2D eigenvalue weighted by molar-refractivity contribution is -0.124. The summed E-state index contributed by atoms with van der Waals surface area (Å²) in [6.07, 6.45) is 1.38. The van der Waals surface area contributed by atoms with E-state index in [0.717, 1.165) is 16.3 Å². The monoisotopic (exact) mass is 409 g/mol. The minimum atomic E-state index is -0.405. The quantitative estimate of drug-likeness (QED) is 0.417. The first-order valence-corrected chi connectivity index (χ1v) is 9.40. The van der Waals surface area contributed by atoms with Gasteiger partial charge >= 0.3 is 0 Å². The van der Waals surface area contributed by atoms with Crippen LogP contribution in [0.4, 0.5) is 5.69 Å². The number of amides is 2. The normalized spacial score (nSPS) is 11.0. The molecule has 0 spiro atoms. The van der Waals surface area contributed by atoms with E-state index in [4.69, 9.17) is 11.6 Å². The number of phenolic OH excluding ortho intramolecular Hbond substituents is 1. The van der Waals surface area contributed by atoms with Gasteiger partial charge in [-0.1, -0.05) is 48.0 Å². The Balaban J connectivity index is 1.53. The number of carbonyl (C=O) groups excluding carboxylic acids is 2. The van der Waals surface area contributed by atoms with Crippen molar-refractivity contribution in [1.29, 1.82) is 0 Å². The van der Waals surface area contributed by atoms with Crippen molar-refractivity contribution in [1.82, 2.24) is 5.43 Å². The van der Waals surface area contributed by atoms with Crippen LogP contribution in [0, 0.1) is 6.92 Å². The summed E-state index contributed by atoms with van der Waals surface area (Å²) in [5.41, 5.74) is 4.38. The van der Waals surface area contributed by atoms with Gasteiger partial charge in [-0.25, -0.2) is 5.43 Å². The summed E-state index contributed by atoms with van der Waals surface area (Å²) in [5.74, 6) is -0.633. The van der Waals surface area contributed by atoms with E-state index in [1.54, 1.807) is 24.3 Å². The van der Waals surface area contributed by atoms with Crippen molar-refractivity contribution in [2.45, 2.75) is 19.8 Å².